The van der Waals surface area contributed by atoms with Crippen LogP contribution in [0.5, 0.6) is 11.5 Å². The molecule has 0 bridgehead atoms. The second kappa shape index (κ2) is 4.00. The fourth-order valence-corrected chi connectivity index (χ4v) is 1.23. The molecule has 0 saturated carbocycles. The monoisotopic (exact) mass is 166 g/mol. The number of methoxy groups -OCH3 is 1. The van der Waals surface area contributed by atoms with Crippen molar-refractivity contribution in [2.75, 3.05) is 7.11 Å². The van der Waals surface area contributed by atoms with E-state index in [0.29, 0.717) is 5.75 Å². The van der Waals surface area contributed by atoms with Crippen molar-refractivity contribution in [1.82, 2.24) is 0 Å². The van der Waals surface area contributed by atoms with Gasteiger partial charge in [-0.15, -0.1) is 0 Å². The van der Waals surface area contributed by atoms with Crippen LogP contribution in [0.4, 0.5) is 0 Å². The molecule has 0 fully saturated rings. The molecule has 1 aromatic carbocycles. The number of hydrogen-bond donors (Lipinski definition) is 1. The Balaban J connectivity index is 2.95. The van der Waals surface area contributed by atoms with E-state index in [0.717, 1.165) is 24.2 Å². The normalized spacial score (nSPS) is 9.83. The van der Waals surface area contributed by atoms with Gasteiger partial charge in [0.2, 0.25) is 0 Å². The highest BCUT2D eigenvalue weighted by atomic mass is 16.5. The minimum Gasteiger partial charge on any atom is -0.508 e. The summed E-state index contributed by atoms with van der Waals surface area (Å²) in [6.45, 7) is 2.10. The molecule has 0 saturated heterocycles. The minimum atomic E-state index is 0.305. The van der Waals surface area contributed by atoms with E-state index in [1.807, 2.05) is 0 Å². The lowest BCUT2D eigenvalue weighted by atomic mass is 10.1. The predicted octanol–water partition coefficient (Wildman–Crippen LogP) is 2.35. The van der Waals surface area contributed by atoms with Gasteiger partial charge in [-0.2, -0.15) is 0 Å². The van der Waals surface area contributed by atoms with E-state index < -0.39 is 0 Å². The molecular weight excluding hydrogens is 152 g/mol. The molecule has 66 valence electrons. The molecule has 0 atom stereocenters. The van der Waals surface area contributed by atoms with Crippen molar-refractivity contribution in [2.45, 2.75) is 19.8 Å². The first kappa shape index (κ1) is 8.91. The molecule has 1 N–H and O–H groups in total. The van der Waals surface area contributed by atoms with Crippen molar-refractivity contribution >= 4 is 0 Å². The number of phenols is 1. The van der Waals surface area contributed by atoms with Crippen molar-refractivity contribution in [1.29, 1.82) is 0 Å². The molecule has 0 unspecified atom stereocenters. The largest absolute Gasteiger partial charge is 0.508 e. The summed E-state index contributed by atoms with van der Waals surface area (Å²) < 4.78 is 5.14. The number of aryl methyl sites for hydroxylation is 1. The van der Waals surface area contributed by atoms with E-state index in [9.17, 15) is 5.11 Å². The SMILES string of the molecule is CCCc1cc(O)ccc1OC. The van der Waals surface area contributed by atoms with Crippen LogP contribution in [0.15, 0.2) is 18.2 Å². The smallest absolute Gasteiger partial charge is 0.122 e. The van der Waals surface area contributed by atoms with Gasteiger partial charge in [-0.1, -0.05) is 13.3 Å². The molecule has 2 nitrogen and oxygen atoms in total. The molecule has 0 spiro atoms. The van der Waals surface area contributed by atoms with Crippen LogP contribution >= 0.6 is 0 Å². The summed E-state index contributed by atoms with van der Waals surface area (Å²) >= 11 is 0. The summed E-state index contributed by atoms with van der Waals surface area (Å²) in [5.74, 6) is 1.16. The minimum absolute atomic E-state index is 0.305. The highest BCUT2D eigenvalue weighted by molar-refractivity contribution is 5.39. The first-order chi connectivity index (χ1) is 5.77. The van der Waals surface area contributed by atoms with Gasteiger partial charge in [-0.25, -0.2) is 0 Å². The third-order valence-corrected chi connectivity index (χ3v) is 1.78. The van der Waals surface area contributed by atoms with Crippen LogP contribution in [0.25, 0.3) is 0 Å². The Morgan fingerprint density at radius 3 is 2.75 bits per heavy atom. The molecule has 0 radical (unpaired) electrons. The topological polar surface area (TPSA) is 29.5 Å². The van der Waals surface area contributed by atoms with E-state index in [2.05, 4.69) is 6.92 Å². The maximum absolute atomic E-state index is 9.20. The number of aromatic hydroxyl groups is 1. The van der Waals surface area contributed by atoms with Gasteiger partial charge in [0.1, 0.15) is 11.5 Å². The average Bonchev–Trinajstić information content (AvgIpc) is 2.05. The van der Waals surface area contributed by atoms with Crippen LogP contribution in [-0.2, 0) is 6.42 Å². The molecule has 0 aliphatic carbocycles. The maximum atomic E-state index is 9.20. The third-order valence-electron chi connectivity index (χ3n) is 1.78. The van der Waals surface area contributed by atoms with E-state index in [1.54, 1.807) is 25.3 Å². The molecule has 2 heteroatoms. The van der Waals surface area contributed by atoms with Crippen LogP contribution in [0.3, 0.4) is 0 Å². The Morgan fingerprint density at radius 1 is 1.42 bits per heavy atom. The Labute approximate surface area is 72.8 Å². The van der Waals surface area contributed by atoms with Crippen LogP contribution in [0.1, 0.15) is 18.9 Å². The lowest BCUT2D eigenvalue weighted by molar-refractivity contribution is 0.406. The average molecular weight is 166 g/mol. The standard InChI is InChI=1S/C10H14O2/c1-3-4-8-7-9(11)5-6-10(8)12-2/h5-7,11H,3-4H2,1-2H3. The van der Waals surface area contributed by atoms with Gasteiger partial charge in [0.15, 0.2) is 0 Å². The van der Waals surface area contributed by atoms with E-state index >= 15 is 0 Å². The molecule has 0 aliphatic rings. The summed E-state index contributed by atoms with van der Waals surface area (Å²) in [7, 11) is 1.64. The van der Waals surface area contributed by atoms with Gasteiger partial charge < -0.3 is 9.84 Å². The quantitative estimate of drug-likeness (QED) is 0.746. The van der Waals surface area contributed by atoms with Crippen LogP contribution in [-0.4, -0.2) is 12.2 Å². The molecule has 0 heterocycles. The number of hydrogen-bond acceptors (Lipinski definition) is 2. The zero-order valence-electron chi connectivity index (χ0n) is 7.50. The third kappa shape index (κ3) is 1.91. The van der Waals surface area contributed by atoms with Crippen molar-refractivity contribution in [3.8, 4) is 11.5 Å². The molecule has 1 aromatic rings. The lowest BCUT2D eigenvalue weighted by Gasteiger charge is -2.06. The van der Waals surface area contributed by atoms with Gasteiger partial charge in [0.25, 0.3) is 0 Å². The van der Waals surface area contributed by atoms with Crippen LogP contribution in [0, 0.1) is 0 Å². The molecular formula is C10H14O2. The van der Waals surface area contributed by atoms with Crippen molar-refractivity contribution in [2.24, 2.45) is 0 Å². The Morgan fingerprint density at radius 2 is 2.17 bits per heavy atom. The van der Waals surface area contributed by atoms with E-state index in [1.165, 1.54) is 0 Å². The van der Waals surface area contributed by atoms with Gasteiger partial charge >= 0.3 is 0 Å². The lowest BCUT2D eigenvalue weighted by Crippen LogP contribution is -1.90. The summed E-state index contributed by atoms with van der Waals surface area (Å²) in [5.41, 5.74) is 1.07. The summed E-state index contributed by atoms with van der Waals surface area (Å²) in [5, 5.41) is 9.20. The molecule has 0 aromatic heterocycles. The fourth-order valence-electron chi connectivity index (χ4n) is 1.23. The second-order valence-electron chi connectivity index (χ2n) is 2.75. The van der Waals surface area contributed by atoms with Crippen LogP contribution in [0.2, 0.25) is 0 Å². The highest BCUT2D eigenvalue weighted by Gasteiger charge is 2.01. The molecule has 1 rings (SSSR count). The molecule has 12 heavy (non-hydrogen) atoms. The Bertz CT molecular complexity index is 256. The van der Waals surface area contributed by atoms with E-state index in [4.69, 9.17) is 4.74 Å². The molecule has 0 amide bonds. The van der Waals surface area contributed by atoms with Gasteiger partial charge in [0, 0.05) is 0 Å². The zero-order chi connectivity index (χ0) is 8.97. The summed E-state index contributed by atoms with van der Waals surface area (Å²) in [6.07, 6.45) is 2.00. The number of ether oxygens (including phenoxy) is 1. The summed E-state index contributed by atoms with van der Waals surface area (Å²) in [4.78, 5) is 0. The Hall–Kier alpha value is -1.18. The number of benzene rings is 1. The first-order valence-electron chi connectivity index (χ1n) is 4.13. The maximum Gasteiger partial charge on any atom is 0.122 e. The predicted molar refractivity (Wildman–Crippen MR) is 48.7 cm³/mol. The molecule has 0 aliphatic heterocycles. The first-order valence-corrected chi connectivity index (χ1v) is 4.13. The number of phenolic OH excluding ortho intramolecular Hbond substituents is 1. The van der Waals surface area contributed by atoms with Crippen molar-refractivity contribution < 1.29 is 9.84 Å². The second-order valence-corrected chi connectivity index (χ2v) is 2.75. The van der Waals surface area contributed by atoms with E-state index in [-0.39, 0.29) is 0 Å². The van der Waals surface area contributed by atoms with Gasteiger partial charge in [-0.05, 0) is 30.2 Å². The van der Waals surface area contributed by atoms with Crippen LogP contribution < -0.4 is 4.74 Å². The van der Waals surface area contributed by atoms with Crippen molar-refractivity contribution in [3.05, 3.63) is 23.8 Å². The number of rotatable bonds is 3. The van der Waals surface area contributed by atoms with Gasteiger partial charge in [-0.3, -0.25) is 0 Å². The highest BCUT2D eigenvalue weighted by Crippen LogP contribution is 2.23. The van der Waals surface area contributed by atoms with Gasteiger partial charge in [0.05, 0.1) is 7.11 Å². The summed E-state index contributed by atoms with van der Waals surface area (Å²) in [6, 6.07) is 5.18. The zero-order valence-corrected chi connectivity index (χ0v) is 7.50. The fraction of sp³-hybridized carbons (Fsp3) is 0.400. The van der Waals surface area contributed by atoms with Crippen molar-refractivity contribution in [3.63, 3.8) is 0 Å². The Kier molecular flexibility index (Phi) is 2.97.